The zero-order valence-electron chi connectivity index (χ0n) is 13.9. The molecular weight excluding hydrogens is 280 g/mol. The molecule has 0 aromatic carbocycles. The van der Waals surface area contributed by atoms with Gasteiger partial charge in [0.15, 0.2) is 0 Å². The Morgan fingerprint density at radius 1 is 0.409 bits per heavy atom. The summed E-state index contributed by atoms with van der Waals surface area (Å²) in [6.07, 6.45) is 11.8. The van der Waals surface area contributed by atoms with E-state index in [9.17, 15) is 0 Å². The maximum atomic E-state index is 6.54. The minimum absolute atomic E-state index is 0.0333. The molecule has 0 radical (unpaired) electrons. The fourth-order valence-electron chi connectivity index (χ4n) is 4.53. The van der Waals surface area contributed by atoms with Crippen LogP contribution in [-0.2, 0) is 18.9 Å². The molecular formula is C18H32O4. The molecule has 128 valence electrons. The fraction of sp³-hybridized carbons (Fsp3) is 1.00. The molecule has 0 N–H and O–H groups in total. The van der Waals surface area contributed by atoms with Gasteiger partial charge in [-0.25, -0.2) is 0 Å². The molecule has 0 spiro atoms. The largest absolute Gasteiger partial charge is 0.379 e. The first-order valence-electron chi connectivity index (χ1n) is 9.30. The van der Waals surface area contributed by atoms with E-state index in [0.29, 0.717) is 13.2 Å². The van der Waals surface area contributed by atoms with Crippen LogP contribution in [0.5, 0.6) is 0 Å². The molecule has 0 aromatic heterocycles. The first kappa shape index (κ1) is 16.7. The Morgan fingerprint density at radius 2 is 0.818 bits per heavy atom. The van der Waals surface area contributed by atoms with E-state index in [2.05, 4.69) is 0 Å². The predicted octanol–water partition coefficient (Wildman–Crippen LogP) is 3.47. The Morgan fingerprint density at radius 3 is 1.23 bits per heavy atom. The summed E-state index contributed by atoms with van der Waals surface area (Å²) in [6.45, 7) is 4.52. The van der Waals surface area contributed by atoms with Gasteiger partial charge in [-0.3, -0.25) is 0 Å². The van der Waals surface area contributed by atoms with Crippen molar-refractivity contribution in [1.82, 2.24) is 0 Å². The van der Waals surface area contributed by atoms with Gasteiger partial charge in [-0.05, 0) is 38.5 Å². The van der Waals surface area contributed by atoms with E-state index < -0.39 is 0 Å². The van der Waals surface area contributed by atoms with Crippen LogP contribution in [0.15, 0.2) is 0 Å². The monoisotopic (exact) mass is 312 g/mol. The van der Waals surface area contributed by atoms with Crippen LogP contribution in [-0.4, -0.2) is 50.8 Å². The third-order valence-electron chi connectivity index (χ3n) is 5.65. The zero-order valence-corrected chi connectivity index (χ0v) is 13.9. The van der Waals surface area contributed by atoms with Crippen LogP contribution in [0.4, 0.5) is 0 Å². The third kappa shape index (κ3) is 3.66. The lowest BCUT2D eigenvalue weighted by atomic mass is 9.63. The van der Waals surface area contributed by atoms with E-state index >= 15 is 0 Å². The van der Waals surface area contributed by atoms with Crippen LogP contribution in [0.2, 0.25) is 0 Å². The van der Waals surface area contributed by atoms with Gasteiger partial charge in [0, 0.05) is 26.4 Å². The summed E-state index contributed by atoms with van der Waals surface area (Å²) in [6, 6.07) is 0. The average Bonchev–Trinajstić information content (AvgIpc) is 2.55. The zero-order chi connectivity index (χ0) is 15.1. The smallest absolute Gasteiger partial charge is 0.0970 e. The van der Waals surface area contributed by atoms with Crippen molar-refractivity contribution in [1.29, 1.82) is 0 Å². The second-order valence-electron chi connectivity index (χ2n) is 7.03. The van der Waals surface area contributed by atoms with Crippen molar-refractivity contribution in [2.45, 2.75) is 75.4 Å². The molecule has 3 fully saturated rings. The summed E-state index contributed by atoms with van der Waals surface area (Å²) in [7, 11) is 0. The molecule has 1 heterocycles. The van der Waals surface area contributed by atoms with Gasteiger partial charge in [0.1, 0.15) is 0 Å². The molecule has 22 heavy (non-hydrogen) atoms. The van der Waals surface area contributed by atoms with Crippen molar-refractivity contribution in [3.05, 3.63) is 0 Å². The maximum absolute atomic E-state index is 6.54. The highest BCUT2D eigenvalue weighted by Crippen LogP contribution is 2.51. The Bertz CT molecular complexity index is 287. The first-order valence-corrected chi connectivity index (χ1v) is 9.30. The fourth-order valence-corrected chi connectivity index (χ4v) is 4.53. The number of hydrogen-bond acceptors (Lipinski definition) is 4. The molecule has 2 saturated carbocycles. The average molecular weight is 312 g/mol. The Balaban J connectivity index is 1.70. The SMILES string of the molecule is C1COCCOCCCOC23CCCCC2(CCCC3)OC1. The van der Waals surface area contributed by atoms with E-state index in [-0.39, 0.29) is 11.2 Å². The van der Waals surface area contributed by atoms with E-state index in [1.54, 1.807) is 0 Å². The highest BCUT2D eigenvalue weighted by molar-refractivity contribution is 5.07. The van der Waals surface area contributed by atoms with E-state index in [4.69, 9.17) is 18.9 Å². The van der Waals surface area contributed by atoms with Crippen LogP contribution in [0.3, 0.4) is 0 Å². The molecule has 1 aliphatic heterocycles. The molecule has 0 unspecified atom stereocenters. The Hall–Kier alpha value is -0.160. The van der Waals surface area contributed by atoms with Crippen molar-refractivity contribution in [2.24, 2.45) is 0 Å². The Labute approximate surface area is 134 Å². The molecule has 4 heteroatoms. The molecule has 3 rings (SSSR count). The van der Waals surface area contributed by atoms with E-state index in [0.717, 1.165) is 39.3 Å². The molecule has 0 atom stereocenters. The molecule has 3 aliphatic rings. The van der Waals surface area contributed by atoms with Crippen LogP contribution in [0.1, 0.15) is 64.2 Å². The van der Waals surface area contributed by atoms with Gasteiger partial charge in [0.05, 0.1) is 24.4 Å². The van der Waals surface area contributed by atoms with Crippen molar-refractivity contribution in [3.63, 3.8) is 0 Å². The van der Waals surface area contributed by atoms with Gasteiger partial charge in [0.25, 0.3) is 0 Å². The molecule has 2 aliphatic carbocycles. The number of ether oxygens (including phenoxy) is 4. The standard InChI is InChI=1S/C18H32O4/c1-2-8-18-10-4-3-9-17(18,7-1)21-13-5-11-19-15-16-20-12-6-14-22-18/h1-16H2. The second kappa shape index (κ2) is 8.09. The lowest BCUT2D eigenvalue weighted by Gasteiger charge is -2.55. The molecule has 0 amide bonds. The van der Waals surface area contributed by atoms with Crippen LogP contribution < -0.4 is 0 Å². The summed E-state index contributed by atoms with van der Waals surface area (Å²) < 4.78 is 24.3. The van der Waals surface area contributed by atoms with Gasteiger partial charge >= 0.3 is 0 Å². The van der Waals surface area contributed by atoms with E-state index in [1.807, 2.05) is 0 Å². The van der Waals surface area contributed by atoms with Crippen molar-refractivity contribution < 1.29 is 18.9 Å². The van der Waals surface area contributed by atoms with Crippen molar-refractivity contribution in [2.75, 3.05) is 39.6 Å². The highest BCUT2D eigenvalue weighted by Gasteiger charge is 2.55. The Kier molecular flexibility index (Phi) is 6.14. The van der Waals surface area contributed by atoms with Crippen molar-refractivity contribution in [3.8, 4) is 0 Å². The van der Waals surface area contributed by atoms with Crippen LogP contribution >= 0.6 is 0 Å². The number of hydrogen-bond donors (Lipinski definition) is 0. The summed E-state index contributed by atoms with van der Waals surface area (Å²) in [5.41, 5.74) is -0.0665. The summed E-state index contributed by atoms with van der Waals surface area (Å²) in [5, 5.41) is 0. The van der Waals surface area contributed by atoms with E-state index in [1.165, 1.54) is 51.4 Å². The molecule has 0 bridgehead atoms. The lowest BCUT2D eigenvalue weighted by Crippen LogP contribution is -2.61. The summed E-state index contributed by atoms with van der Waals surface area (Å²) >= 11 is 0. The molecule has 0 aromatic rings. The second-order valence-corrected chi connectivity index (χ2v) is 7.03. The predicted molar refractivity (Wildman–Crippen MR) is 85.2 cm³/mol. The van der Waals surface area contributed by atoms with Crippen LogP contribution in [0.25, 0.3) is 0 Å². The summed E-state index contributed by atoms with van der Waals surface area (Å²) in [5.74, 6) is 0. The molecule has 4 nitrogen and oxygen atoms in total. The molecule has 1 saturated heterocycles. The maximum Gasteiger partial charge on any atom is 0.0970 e. The highest BCUT2D eigenvalue weighted by atomic mass is 16.6. The van der Waals surface area contributed by atoms with Gasteiger partial charge < -0.3 is 18.9 Å². The minimum Gasteiger partial charge on any atom is -0.379 e. The topological polar surface area (TPSA) is 36.9 Å². The third-order valence-corrected chi connectivity index (χ3v) is 5.65. The van der Waals surface area contributed by atoms with Crippen molar-refractivity contribution >= 4 is 0 Å². The van der Waals surface area contributed by atoms with Crippen LogP contribution in [0, 0.1) is 0 Å². The lowest BCUT2D eigenvalue weighted by molar-refractivity contribution is -0.247. The number of rotatable bonds is 0. The van der Waals surface area contributed by atoms with Gasteiger partial charge in [-0.2, -0.15) is 0 Å². The van der Waals surface area contributed by atoms with Gasteiger partial charge in [-0.15, -0.1) is 0 Å². The summed E-state index contributed by atoms with van der Waals surface area (Å²) in [4.78, 5) is 0. The van der Waals surface area contributed by atoms with Gasteiger partial charge in [-0.1, -0.05) is 25.7 Å². The minimum atomic E-state index is -0.0333. The quantitative estimate of drug-likeness (QED) is 0.686. The van der Waals surface area contributed by atoms with Gasteiger partial charge in [0.2, 0.25) is 0 Å². The normalized spacial score (nSPS) is 39.3. The first-order chi connectivity index (χ1) is 10.9.